The van der Waals surface area contributed by atoms with Gasteiger partial charge >= 0.3 is 5.97 Å². The number of hydrazone groups is 1. The zero-order chi connectivity index (χ0) is 16.8. The van der Waals surface area contributed by atoms with E-state index in [1.165, 1.54) is 0 Å². The summed E-state index contributed by atoms with van der Waals surface area (Å²) >= 11 is 0. The minimum absolute atomic E-state index is 0.366. The molecule has 0 fully saturated rings. The van der Waals surface area contributed by atoms with Crippen molar-refractivity contribution in [3.8, 4) is 5.75 Å². The molecular formula is C17H14N4O3. The summed E-state index contributed by atoms with van der Waals surface area (Å²) in [7, 11) is 0. The number of benzene rings is 2. The van der Waals surface area contributed by atoms with Gasteiger partial charge in [-0.05, 0) is 29.8 Å². The van der Waals surface area contributed by atoms with E-state index >= 15 is 0 Å². The van der Waals surface area contributed by atoms with E-state index in [0.717, 1.165) is 16.3 Å². The molecule has 1 aromatic heterocycles. The lowest BCUT2D eigenvalue weighted by Crippen LogP contribution is -2.09. The maximum absolute atomic E-state index is 10.4. The van der Waals surface area contributed by atoms with Gasteiger partial charge in [-0.25, -0.2) is 4.79 Å². The molecule has 0 amide bonds. The average Bonchev–Trinajstić information content (AvgIpc) is 2.61. The molecule has 0 aliphatic carbocycles. The Morgan fingerprint density at radius 1 is 1.21 bits per heavy atom. The van der Waals surface area contributed by atoms with Crippen LogP contribution in [-0.2, 0) is 4.79 Å². The van der Waals surface area contributed by atoms with E-state index in [-0.39, 0.29) is 6.61 Å². The number of hydrogen-bond donors (Lipinski definition) is 2. The van der Waals surface area contributed by atoms with E-state index < -0.39 is 5.97 Å². The molecule has 7 nitrogen and oxygen atoms in total. The zero-order valence-electron chi connectivity index (χ0n) is 12.6. The number of anilines is 1. The number of nitrogens with one attached hydrogen (secondary N) is 1. The van der Waals surface area contributed by atoms with E-state index in [9.17, 15) is 4.79 Å². The molecule has 2 aromatic carbocycles. The zero-order valence-corrected chi connectivity index (χ0v) is 12.6. The van der Waals surface area contributed by atoms with Gasteiger partial charge in [0.15, 0.2) is 12.4 Å². The molecule has 0 atom stereocenters. The highest BCUT2D eigenvalue weighted by Gasteiger charge is 2.01. The van der Waals surface area contributed by atoms with Gasteiger partial charge in [0.1, 0.15) is 5.75 Å². The minimum Gasteiger partial charge on any atom is -0.482 e. The molecule has 7 heteroatoms. The predicted molar refractivity (Wildman–Crippen MR) is 90.3 cm³/mol. The van der Waals surface area contributed by atoms with Crippen molar-refractivity contribution < 1.29 is 14.6 Å². The Morgan fingerprint density at radius 3 is 2.79 bits per heavy atom. The summed E-state index contributed by atoms with van der Waals surface area (Å²) in [4.78, 5) is 10.4. The molecule has 0 spiro atoms. The molecule has 0 aliphatic heterocycles. The molecule has 24 heavy (non-hydrogen) atoms. The van der Waals surface area contributed by atoms with Crippen LogP contribution in [0.25, 0.3) is 10.8 Å². The van der Waals surface area contributed by atoms with Gasteiger partial charge in [0.05, 0.1) is 12.4 Å². The average molecular weight is 322 g/mol. The first-order chi connectivity index (χ1) is 11.7. The lowest BCUT2D eigenvalue weighted by Gasteiger charge is -2.04. The van der Waals surface area contributed by atoms with Crippen LogP contribution in [0.1, 0.15) is 5.56 Å². The smallest absolute Gasteiger partial charge is 0.341 e. The summed E-state index contributed by atoms with van der Waals surface area (Å²) in [5.41, 5.74) is 3.71. The topological polar surface area (TPSA) is 96.7 Å². The highest BCUT2D eigenvalue weighted by molar-refractivity contribution is 5.91. The van der Waals surface area contributed by atoms with Crippen LogP contribution in [0.4, 0.5) is 5.82 Å². The van der Waals surface area contributed by atoms with Crippen LogP contribution in [0.3, 0.4) is 0 Å². The van der Waals surface area contributed by atoms with Crippen molar-refractivity contribution in [1.82, 2.24) is 10.2 Å². The third-order valence-electron chi connectivity index (χ3n) is 3.20. The lowest BCUT2D eigenvalue weighted by molar-refractivity contribution is -0.139. The first kappa shape index (κ1) is 15.4. The first-order valence-electron chi connectivity index (χ1n) is 7.16. The highest BCUT2D eigenvalue weighted by atomic mass is 16.5. The standard InChI is InChI=1S/C17H14N4O3/c22-16(23)11-24-14-7-5-12(6-8-14)9-18-20-17-15-4-2-1-3-13(15)10-19-21-17/h1-10H,11H2,(H,20,21)(H,22,23)/b18-9-. The second-order valence-electron chi connectivity index (χ2n) is 4.90. The van der Waals surface area contributed by atoms with Crippen LogP contribution in [-0.4, -0.2) is 34.1 Å². The van der Waals surface area contributed by atoms with E-state index in [2.05, 4.69) is 20.7 Å². The van der Waals surface area contributed by atoms with Gasteiger partial charge in [0.2, 0.25) is 0 Å². The Morgan fingerprint density at radius 2 is 2.00 bits per heavy atom. The van der Waals surface area contributed by atoms with Gasteiger partial charge in [0, 0.05) is 10.8 Å². The summed E-state index contributed by atoms with van der Waals surface area (Å²) < 4.78 is 5.07. The van der Waals surface area contributed by atoms with Crippen molar-refractivity contribution >= 4 is 28.8 Å². The van der Waals surface area contributed by atoms with Crippen molar-refractivity contribution in [1.29, 1.82) is 0 Å². The lowest BCUT2D eigenvalue weighted by atomic mass is 10.2. The van der Waals surface area contributed by atoms with Gasteiger partial charge in [-0.15, -0.1) is 5.10 Å². The largest absolute Gasteiger partial charge is 0.482 e. The fourth-order valence-corrected chi connectivity index (χ4v) is 2.07. The van der Waals surface area contributed by atoms with Crippen LogP contribution in [0.15, 0.2) is 59.8 Å². The van der Waals surface area contributed by atoms with Gasteiger partial charge < -0.3 is 9.84 Å². The number of hydrogen-bond acceptors (Lipinski definition) is 6. The fraction of sp³-hybridized carbons (Fsp3) is 0.0588. The van der Waals surface area contributed by atoms with Gasteiger partial charge in [-0.3, -0.25) is 5.43 Å². The van der Waals surface area contributed by atoms with Crippen LogP contribution in [0.5, 0.6) is 5.75 Å². The molecule has 3 aromatic rings. The number of carboxylic acids is 1. The molecule has 0 saturated heterocycles. The second-order valence-corrected chi connectivity index (χ2v) is 4.90. The van der Waals surface area contributed by atoms with E-state index in [1.807, 2.05) is 24.3 Å². The monoisotopic (exact) mass is 322 g/mol. The molecule has 0 bridgehead atoms. The predicted octanol–water partition coefficient (Wildman–Crippen LogP) is 2.54. The molecular weight excluding hydrogens is 308 g/mol. The van der Waals surface area contributed by atoms with E-state index in [4.69, 9.17) is 9.84 Å². The summed E-state index contributed by atoms with van der Waals surface area (Å²) in [5, 5.41) is 22.6. The number of ether oxygens (including phenoxy) is 1. The van der Waals surface area contributed by atoms with Gasteiger partial charge in [-0.1, -0.05) is 24.3 Å². The fourth-order valence-electron chi connectivity index (χ4n) is 2.07. The summed E-state index contributed by atoms with van der Waals surface area (Å²) in [6.45, 7) is -0.366. The maximum Gasteiger partial charge on any atom is 0.341 e. The van der Waals surface area contributed by atoms with Crippen LogP contribution in [0, 0.1) is 0 Å². The second kappa shape index (κ2) is 7.19. The molecule has 2 N–H and O–H groups in total. The third-order valence-corrected chi connectivity index (χ3v) is 3.20. The highest BCUT2D eigenvalue weighted by Crippen LogP contribution is 2.19. The molecule has 120 valence electrons. The molecule has 0 saturated carbocycles. The Bertz CT molecular complexity index is 873. The van der Waals surface area contributed by atoms with Crippen LogP contribution in [0.2, 0.25) is 0 Å². The number of rotatable bonds is 6. The van der Waals surface area contributed by atoms with Crippen molar-refractivity contribution in [2.45, 2.75) is 0 Å². The van der Waals surface area contributed by atoms with E-state index in [0.29, 0.717) is 11.6 Å². The summed E-state index contributed by atoms with van der Waals surface area (Å²) in [5.74, 6) is 0.0502. The minimum atomic E-state index is -1.01. The third kappa shape index (κ3) is 3.83. The number of aromatic nitrogens is 2. The van der Waals surface area contributed by atoms with Crippen molar-refractivity contribution in [2.24, 2.45) is 5.10 Å². The Balaban J connectivity index is 1.66. The van der Waals surface area contributed by atoms with Crippen molar-refractivity contribution in [2.75, 3.05) is 12.0 Å². The van der Waals surface area contributed by atoms with Crippen molar-refractivity contribution in [3.05, 3.63) is 60.3 Å². The van der Waals surface area contributed by atoms with Gasteiger partial charge in [-0.2, -0.15) is 10.2 Å². The summed E-state index contributed by atoms with van der Waals surface area (Å²) in [6.07, 6.45) is 3.32. The Kier molecular flexibility index (Phi) is 4.62. The Labute approximate surface area is 137 Å². The molecule has 0 unspecified atom stereocenters. The molecule has 3 rings (SSSR count). The molecule has 0 radical (unpaired) electrons. The maximum atomic E-state index is 10.4. The van der Waals surface area contributed by atoms with Crippen LogP contribution >= 0.6 is 0 Å². The normalized spacial score (nSPS) is 10.8. The summed E-state index contributed by atoms with van der Waals surface area (Å²) in [6, 6.07) is 14.7. The number of carbonyl (C=O) groups is 1. The quantitative estimate of drug-likeness (QED) is 0.535. The first-order valence-corrected chi connectivity index (χ1v) is 7.16. The Hall–Kier alpha value is -3.48. The van der Waals surface area contributed by atoms with E-state index in [1.54, 1.807) is 36.7 Å². The SMILES string of the molecule is O=C(O)COc1ccc(/C=N\Nc2nncc3ccccc23)cc1. The molecule has 0 aliphatic rings. The number of carboxylic acid groups (broad SMARTS) is 1. The number of nitrogens with zero attached hydrogens (tertiary/aromatic N) is 3. The molecule has 1 heterocycles. The number of aliphatic carboxylic acids is 1. The van der Waals surface area contributed by atoms with Gasteiger partial charge in [0.25, 0.3) is 0 Å². The number of fused-ring (bicyclic) bond motifs is 1. The van der Waals surface area contributed by atoms with Crippen LogP contribution < -0.4 is 10.2 Å². The van der Waals surface area contributed by atoms with Crippen molar-refractivity contribution in [3.63, 3.8) is 0 Å².